The van der Waals surface area contributed by atoms with Crippen molar-refractivity contribution in [1.29, 1.82) is 0 Å². The van der Waals surface area contributed by atoms with E-state index in [0.29, 0.717) is 13.0 Å². The Bertz CT molecular complexity index is 926. The monoisotopic (exact) mass is 406 g/mol. The van der Waals surface area contributed by atoms with Gasteiger partial charge in [-0.1, -0.05) is 36.4 Å². The predicted molar refractivity (Wildman–Crippen MR) is 116 cm³/mol. The van der Waals surface area contributed by atoms with Crippen molar-refractivity contribution in [3.8, 4) is 0 Å². The van der Waals surface area contributed by atoms with Gasteiger partial charge in [0.05, 0.1) is 18.0 Å². The van der Waals surface area contributed by atoms with E-state index in [9.17, 15) is 9.59 Å². The summed E-state index contributed by atoms with van der Waals surface area (Å²) in [7, 11) is 4.33. The third-order valence-corrected chi connectivity index (χ3v) is 7.70. The third-order valence-electron chi connectivity index (χ3n) is 7.70. The summed E-state index contributed by atoms with van der Waals surface area (Å²) in [4.78, 5) is 29.3. The third kappa shape index (κ3) is 2.97. The molecule has 2 heterocycles. The second-order valence-corrected chi connectivity index (χ2v) is 9.45. The van der Waals surface area contributed by atoms with Crippen LogP contribution >= 0.6 is 0 Å². The van der Waals surface area contributed by atoms with Crippen LogP contribution < -0.4 is 10.6 Å². The van der Waals surface area contributed by atoms with Crippen LogP contribution in [0.1, 0.15) is 44.1 Å². The van der Waals surface area contributed by atoms with Crippen molar-refractivity contribution in [3.63, 3.8) is 0 Å². The Morgan fingerprint density at radius 1 is 1.07 bits per heavy atom. The van der Waals surface area contributed by atoms with Crippen molar-refractivity contribution < 1.29 is 9.59 Å². The molecule has 158 valence electrons. The molecule has 2 N–H and O–H groups in total. The average Bonchev–Trinajstić information content (AvgIpc) is 3.28. The molecule has 30 heavy (non-hydrogen) atoms. The van der Waals surface area contributed by atoms with Gasteiger partial charge in [-0.15, -0.1) is 0 Å². The summed E-state index contributed by atoms with van der Waals surface area (Å²) in [5.41, 5.74) is 3.15. The minimum Gasteiger partial charge on any atom is -0.331 e. The lowest BCUT2D eigenvalue weighted by Crippen LogP contribution is -2.54. The summed E-state index contributed by atoms with van der Waals surface area (Å²) in [6.07, 6.45) is 9.16. The van der Waals surface area contributed by atoms with E-state index >= 15 is 0 Å². The fourth-order valence-corrected chi connectivity index (χ4v) is 5.92. The molecule has 2 fully saturated rings. The molecule has 1 spiro atoms. The summed E-state index contributed by atoms with van der Waals surface area (Å²) in [5, 5.41) is 6.28. The second kappa shape index (κ2) is 6.98. The van der Waals surface area contributed by atoms with Crippen LogP contribution in [0.5, 0.6) is 0 Å². The van der Waals surface area contributed by atoms with E-state index in [1.54, 1.807) is 0 Å². The Kier molecular flexibility index (Phi) is 4.51. The first kappa shape index (κ1) is 19.4. The van der Waals surface area contributed by atoms with Crippen molar-refractivity contribution in [1.82, 2.24) is 20.4 Å². The van der Waals surface area contributed by atoms with Crippen LogP contribution in [0.4, 0.5) is 4.79 Å². The molecule has 0 radical (unpaired) electrons. The number of hydrogen-bond acceptors (Lipinski definition) is 3. The van der Waals surface area contributed by atoms with E-state index in [4.69, 9.17) is 0 Å². The first-order chi connectivity index (χ1) is 14.4. The second-order valence-electron chi connectivity index (χ2n) is 9.45. The topological polar surface area (TPSA) is 64.7 Å². The van der Waals surface area contributed by atoms with Crippen LogP contribution in [0.15, 0.2) is 53.8 Å². The maximum Gasteiger partial charge on any atom is 0.318 e. The van der Waals surface area contributed by atoms with Gasteiger partial charge < -0.3 is 15.5 Å². The predicted octanol–water partition coefficient (Wildman–Crippen LogP) is 2.88. The Hall–Kier alpha value is -2.60. The normalized spacial score (nSPS) is 33.3. The summed E-state index contributed by atoms with van der Waals surface area (Å²) in [5.74, 6) is 0.0298. The molecule has 1 saturated heterocycles. The largest absolute Gasteiger partial charge is 0.331 e. The molecular weight excluding hydrogens is 376 g/mol. The van der Waals surface area contributed by atoms with E-state index in [1.165, 1.54) is 5.56 Å². The Morgan fingerprint density at radius 3 is 2.50 bits per heavy atom. The Labute approximate surface area is 178 Å². The number of benzene rings is 1. The highest BCUT2D eigenvalue weighted by atomic mass is 16.2. The molecule has 4 aliphatic rings. The lowest BCUT2D eigenvalue weighted by Gasteiger charge is -2.48. The van der Waals surface area contributed by atoms with E-state index in [-0.39, 0.29) is 29.1 Å². The molecule has 0 bridgehead atoms. The molecule has 1 aromatic rings. The smallest absolute Gasteiger partial charge is 0.318 e. The van der Waals surface area contributed by atoms with Crippen molar-refractivity contribution in [2.75, 3.05) is 20.6 Å². The highest BCUT2D eigenvalue weighted by molar-refractivity contribution is 5.86. The van der Waals surface area contributed by atoms with Gasteiger partial charge in [0.15, 0.2) is 0 Å². The fraction of sp³-hybridized carbons (Fsp3) is 0.500. The van der Waals surface area contributed by atoms with Crippen molar-refractivity contribution >= 4 is 11.9 Å². The van der Waals surface area contributed by atoms with Gasteiger partial charge in [0.1, 0.15) is 0 Å². The molecule has 1 aromatic carbocycles. The van der Waals surface area contributed by atoms with Crippen molar-refractivity contribution in [2.45, 2.75) is 55.6 Å². The first-order valence-corrected chi connectivity index (χ1v) is 10.9. The van der Waals surface area contributed by atoms with Gasteiger partial charge in [-0.25, -0.2) is 4.79 Å². The van der Waals surface area contributed by atoms with E-state index in [2.05, 4.69) is 66.0 Å². The molecule has 1 atom stereocenters. The van der Waals surface area contributed by atoms with Gasteiger partial charge in [-0.3, -0.25) is 9.69 Å². The number of amides is 3. The Balaban J connectivity index is 1.35. The van der Waals surface area contributed by atoms with Crippen molar-refractivity contribution in [2.24, 2.45) is 0 Å². The zero-order chi connectivity index (χ0) is 20.9. The highest BCUT2D eigenvalue weighted by Crippen LogP contribution is 2.46. The number of rotatable bonds is 3. The minimum absolute atomic E-state index is 0.00965. The molecule has 6 nitrogen and oxygen atoms in total. The molecule has 0 aromatic heterocycles. The number of carbonyl (C=O) groups excluding carboxylic acids is 2. The number of hydrogen-bond donors (Lipinski definition) is 2. The SMILES string of the molecule is CN(C)C1(c2ccccc2)CCC2(CC1)CN(C1CC=CC3=C1CC(=O)N3)C(=O)N2. The highest BCUT2D eigenvalue weighted by Gasteiger charge is 2.51. The number of nitrogens with one attached hydrogen (secondary N) is 2. The van der Waals surface area contributed by atoms with E-state index < -0.39 is 0 Å². The maximum absolute atomic E-state index is 13.0. The van der Waals surface area contributed by atoms with Gasteiger partial charge in [0, 0.05) is 17.8 Å². The lowest BCUT2D eigenvalue weighted by molar-refractivity contribution is -0.118. The number of urea groups is 1. The molecule has 3 amide bonds. The molecule has 1 saturated carbocycles. The summed E-state index contributed by atoms with van der Waals surface area (Å²) in [6.45, 7) is 0.716. The number of allylic oxidation sites excluding steroid dienone is 1. The van der Waals surface area contributed by atoms with Crippen LogP contribution in [0.25, 0.3) is 0 Å². The van der Waals surface area contributed by atoms with Crippen LogP contribution in [-0.2, 0) is 10.3 Å². The first-order valence-electron chi connectivity index (χ1n) is 10.9. The number of nitrogens with zero attached hydrogens (tertiary/aromatic N) is 2. The van der Waals surface area contributed by atoms with E-state index in [1.807, 2.05) is 11.0 Å². The fourth-order valence-electron chi connectivity index (χ4n) is 5.92. The van der Waals surface area contributed by atoms with Gasteiger partial charge in [-0.05, 0) is 63.4 Å². The lowest BCUT2D eigenvalue weighted by atomic mass is 9.69. The Morgan fingerprint density at radius 2 is 1.80 bits per heavy atom. The molecule has 2 aliphatic heterocycles. The van der Waals surface area contributed by atoms with Crippen LogP contribution in [-0.4, -0.2) is 54.0 Å². The van der Waals surface area contributed by atoms with Gasteiger partial charge in [0.2, 0.25) is 5.91 Å². The zero-order valence-corrected chi connectivity index (χ0v) is 17.8. The molecular formula is C24H30N4O2. The summed E-state index contributed by atoms with van der Waals surface area (Å²) >= 11 is 0. The standard InChI is InChI=1S/C24H30N4O2/c1-27(2)24(17-7-4-3-5-8-17)13-11-23(12-14-24)16-28(22(30)26-23)20-10-6-9-19-18(20)15-21(29)25-19/h3-9,20H,10-16H2,1-2H3,(H,25,29)(H,26,30). The van der Waals surface area contributed by atoms with Crippen molar-refractivity contribution in [3.05, 3.63) is 59.3 Å². The molecule has 6 heteroatoms. The maximum atomic E-state index is 13.0. The molecule has 1 unspecified atom stereocenters. The minimum atomic E-state index is -0.177. The average molecular weight is 407 g/mol. The summed E-state index contributed by atoms with van der Waals surface area (Å²) < 4.78 is 0. The summed E-state index contributed by atoms with van der Waals surface area (Å²) in [6, 6.07) is 10.7. The zero-order valence-electron chi connectivity index (χ0n) is 17.8. The molecule has 2 aliphatic carbocycles. The van der Waals surface area contributed by atoms with Gasteiger partial charge >= 0.3 is 6.03 Å². The van der Waals surface area contributed by atoms with Gasteiger partial charge in [0.25, 0.3) is 0 Å². The van der Waals surface area contributed by atoms with Crippen LogP contribution in [0, 0.1) is 0 Å². The quantitative estimate of drug-likeness (QED) is 0.811. The molecule has 5 rings (SSSR count). The van der Waals surface area contributed by atoms with Gasteiger partial charge in [-0.2, -0.15) is 0 Å². The van der Waals surface area contributed by atoms with Crippen LogP contribution in [0.3, 0.4) is 0 Å². The number of carbonyl (C=O) groups is 2. The van der Waals surface area contributed by atoms with Crippen LogP contribution in [0.2, 0.25) is 0 Å². The van der Waals surface area contributed by atoms with E-state index in [0.717, 1.165) is 43.4 Å².